The van der Waals surface area contributed by atoms with Gasteiger partial charge in [-0.2, -0.15) is 0 Å². The van der Waals surface area contributed by atoms with Crippen LogP contribution in [0.4, 0.5) is 0 Å². The van der Waals surface area contributed by atoms with Crippen LogP contribution in [0.5, 0.6) is 0 Å². The maximum Gasteiger partial charge on any atom is 0.230 e. The van der Waals surface area contributed by atoms with E-state index in [1.165, 1.54) is 4.90 Å². The van der Waals surface area contributed by atoms with Crippen molar-refractivity contribution in [2.75, 3.05) is 32.8 Å². The third kappa shape index (κ3) is 2.30. The van der Waals surface area contributed by atoms with Crippen LogP contribution in [0, 0.1) is 5.41 Å². The summed E-state index contributed by atoms with van der Waals surface area (Å²) in [6.07, 6.45) is -0.446. The van der Waals surface area contributed by atoms with Crippen LogP contribution >= 0.6 is 0 Å². The van der Waals surface area contributed by atoms with Crippen molar-refractivity contribution in [1.82, 2.24) is 4.90 Å². The Balaban J connectivity index is 2.07. The predicted octanol–water partition coefficient (Wildman–Crippen LogP) is -1.69. The normalized spacial score (nSPS) is 32.8. The van der Waals surface area contributed by atoms with Crippen molar-refractivity contribution < 1.29 is 19.7 Å². The number of amides is 1. The molecule has 1 amide bonds. The largest absolute Gasteiger partial charge is 0.388 e. The maximum absolute atomic E-state index is 12.4. The highest BCUT2D eigenvalue weighted by Gasteiger charge is 2.44. The number of carbonyl (C=O) groups is 1. The average molecular weight is 244 g/mol. The Morgan fingerprint density at radius 2 is 1.82 bits per heavy atom. The van der Waals surface area contributed by atoms with Crippen LogP contribution in [-0.4, -0.2) is 66.1 Å². The van der Waals surface area contributed by atoms with Gasteiger partial charge in [-0.05, 0) is 12.8 Å². The van der Waals surface area contributed by atoms with Crippen LogP contribution in [0.2, 0.25) is 0 Å². The molecule has 2 aliphatic rings. The SMILES string of the molecule is NCC1(C(=O)N2C[C@@H](O)[C@@H](O)C2)CCOCC1. The number of likely N-dealkylation sites (tertiary alicyclic amines) is 1. The van der Waals surface area contributed by atoms with E-state index in [4.69, 9.17) is 10.5 Å². The molecule has 2 heterocycles. The lowest BCUT2D eigenvalue weighted by Gasteiger charge is -2.37. The number of ether oxygens (including phenoxy) is 1. The molecule has 0 unspecified atom stereocenters. The standard InChI is InChI=1S/C11H20N2O4/c12-7-11(1-3-17-4-2-11)10(16)13-5-8(14)9(15)6-13/h8-9,14-15H,1-7,12H2/t8-,9+. The summed E-state index contributed by atoms with van der Waals surface area (Å²) in [4.78, 5) is 13.9. The van der Waals surface area contributed by atoms with Crippen LogP contribution in [0.3, 0.4) is 0 Å². The van der Waals surface area contributed by atoms with Crippen LogP contribution in [-0.2, 0) is 9.53 Å². The molecule has 0 saturated carbocycles. The molecular formula is C11H20N2O4. The molecule has 0 spiro atoms. The second-order valence-electron chi connectivity index (χ2n) is 4.94. The monoisotopic (exact) mass is 244 g/mol. The molecular weight excluding hydrogens is 224 g/mol. The van der Waals surface area contributed by atoms with Crippen LogP contribution < -0.4 is 5.73 Å². The first-order valence-electron chi connectivity index (χ1n) is 6.02. The summed E-state index contributed by atoms with van der Waals surface area (Å²) < 4.78 is 5.26. The van der Waals surface area contributed by atoms with Gasteiger partial charge in [-0.25, -0.2) is 0 Å². The van der Waals surface area contributed by atoms with Gasteiger partial charge in [0.15, 0.2) is 0 Å². The Bertz CT molecular complexity index is 281. The second kappa shape index (κ2) is 4.89. The third-order valence-corrected chi connectivity index (χ3v) is 3.84. The van der Waals surface area contributed by atoms with E-state index < -0.39 is 17.6 Å². The molecule has 6 nitrogen and oxygen atoms in total. The summed E-state index contributed by atoms with van der Waals surface area (Å²) in [5.74, 6) is -0.0566. The predicted molar refractivity (Wildman–Crippen MR) is 60.1 cm³/mol. The van der Waals surface area contributed by atoms with E-state index in [2.05, 4.69) is 0 Å². The van der Waals surface area contributed by atoms with Crippen LogP contribution in [0.1, 0.15) is 12.8 Å². The first-order chi connectivity index (χ1) is 8.09. The Labute approximate surface area is 100 Å². The van der Waals surface area contributed by atoms with Crippen molar-refractivity contribution in [2.45, 2.75) is 25.0 Å². The Morgan fingerprint density at radius 1 is 1.29 bits per heavy atom. The van der Waals surface area contributed by atoms with E-state index in [1.54, 1.807) is 0 Å². The van der Waals surface area contributed by atoms with Crippen molar-refractivity contribution in [1.29, 1.82) is 0 Å². The molecule has 2 rings (SSSR count). The van der Waals surface area contributed by atoms with Gasteiger partial charge in [-0.15, -0.1) is 0 Å². The molecule has 2 aliphatic heterocycles. The summed E-state index contributed by atoms with van der Waals surface area (Å²) in [6.45, 7) is 1.77. The summed E-state index contributed by atoms with van der Waals surface area (Å²) in [5, 5.41) is 18.9. The van der Waals surface area contributed by atoms with Gasteiger partial charge in [0, 0.05) is 32.8 Å². The molecule has 17 heavy (non-hydrogen) atoms. The van der Waals surface area contributed by atoms with Crippen molar-refractivity contribution in [3.05, 3.63) is 0 Å². The van der Waals surface area contributed by atoms with Crippen molar-refractivity contribution in [3.63, 3.8) is 0 Å². The molecule has 0 aliphatic carbocycles. The number of hydrogen-bond acceptors (Lipinski definition) is 5. The van der Waals surface area contributed by atoms with E-state index in [9.17, 15) is 15.0 Å². The number of β-amino-alcohol motifs (C(OH)–C–C–N with tert-alkyl or cyclic N) is 2. The average Bonchev–Trinajstić information content (AvgIpc) is 2.69. The quantitative estimate of drug-likeness (QED) is 0.538. The topological polar surface area (TPSA) is 96.0 Å². The van der Waals surface area contributed by atoms with Gasteiger partial charge in [0.2, 0.25) is 5.91 Å². The lowest BCUT2D eigenvalue weighted by molar-refractivity contribution is -0.146. The molecule has 2 atom stereocenters. The zero-order chi connectivity index (χ0) is 12.5. The molecule has 0 aromatic rings. The third-order valence-electron chi connectivity index (χ3n) is 3.84. The van der Waals surface area contributed by atoms with E-state index in [-0.39, 0.29) is 25.5 Å². The number of nitrogens with zero attached hydrogens (tertiary/aromatic N) is 1. The summed E-state index contributed by atoms with van der Waals surface area (Å²) >= 11 is 0. The van der Waals surface area contributed by atoms with Crippen molar-refractivity contribution in [3.8, 4) is 0 Å². The zero-order valence-corrected chi connectivity index (χ0v) is 9.84. The van der Waals surface area contributed by atoms with E-state index in [0.29, 0.717) is 26.1 Å². The zero-order valence-electron chi connectivity index (χ0n) is 9.84. The van der Waals surface area contributed by atoms with Crippen molar-refractivity contribution in [2.24, 2.45) is 11.1 Å². The Kier molecular flexibility index (Phi) is 3.67. The second-order valence-corrected chi connectivity index (χ2v) is 4.94. The molecule has 4 N–H and O–H groups in total. The number of aliphatic hydroxyl groups is 2. The molecule has 98 valence electrons. The molecule has 6 heteroatoms. The summed E-state index contributed by atoms with van der Waals surface area (Å²) in [7, 11) is 0. The Morgan fingerprint density at radius 3 is 2.29 bits per heavy atom. The fourth-order valence-corrected chi connectivity index (χ4v) is 2.54. The van der Waals surface area contributed by atoms with Crippen LogP contribution in [0.15, 0.2) is 0 Å². The smallest absolute Gasteiger partial charge is 0.230 e. The summed E-state index contributed by atoms with van der Waals surface area (Å²) in [5.41, 5.74) is 5.18. The lowest BCUT2D eigenvalue weighted by atomic mass is 9.79. The van der Waals surface area contributed by atoms with Gasteiger partial charge in [0.05, 0.1) is 17.6 Å². The minimum atomic E-state index is -0.839. The molecule has 0 aromatic carbocycles. The molecule has 2 fully saturated rings. The fourth-order valence-electron chi connectivity index (χ4n) is 2.54. The minimum absolute atomic E-state index is 0.0566. The first-order valence-corrected chi connectivity index (χ1v) is 6.02. The maximum atomic E-state index is 12.4. The minimum Gasteiger partial charge on any atom is -0.388 e. The van der Waals surface area contributed by atoms with Gasteiger partial charge < -0.3 is 25.6 Å². The number of hydrogen-bond donors (Lipinski definition) is 3. The number of rotatable bonds is 2. The van der Waals surface area contributed by atoms with Gasteiger partial charge in [-0.3, -0.25) is 4.79 Å². The number of nitrogens with two attached hydrogens (primary N) is 1. The Hall–Kier alpha value is -0.690. The molecule has 0 bridgehead atoms. The van der Waals surface area contributed by atoms with Gasteiger partial charge in [-0.1, -0.05) is 0 Å². The molecule has 2 saturated heterocycles. The molecule has 0 radical (unpaired) electrons. The van der Waals surface area contributed by atoms with Gasteiger partial charge >= 0.3 is 0 Å². The number of carbonyl (C=O) groups excluding carboxylic acids is 1. The first kappa shape index (κ1) is 12.8. The highest BCUT2D eigenvalue weighted by molar-refractivity contribution is 5.83. The highest BCUT2D eigenvalue weighted by atomic mass is 16.5. The lowest BCUT2D eigenvalue weighted by Crippen LogP contribution is -2.50. The molecule has 0 aromatic heterocycles. The fraction of sp³-hybridized carbons (Fsp3) is 0.909. The van der Waals surface area contributed by atoms with Crippen LogP contribution in [0.25, 0.3) is 0 Å². The van der Waals surface area contributed by atoms with Gasteiger partial charge in [0.25, 0.3) is 0 Å². The van der Waals surface area contributed by atoms with E-state index in [1.807, 2.05) is 0 Å². The van der Waals surface area contributed by atoms with Gasteiger partial charge in [0.1, 0.15) is 0 Å². The van der Waals surface area contributed by atoms with E-state index >= 15 is 0 Å². The number of aliphatic hydroxyl groups excluding tert-OH is 2. The highest BCUT2D eigenvalue weighted by Crippen LogP contribution is 2.32. The summed E-state index contributed by atoms with van der Waals surface area (Å²) in [6, 6.07) is 0. The van der Waals surface area contributed by atoms with E-state index in [0.717, 1.165) is 0 Å². The van der Waals surface area contributed by atoms with Crippen molar-refractivity contribution >= 4 is 5.91 Å².